The van der Waals surface area contributed by atoms with Gasteiger partial charge in [-0.25, -0.2) is 0 Å². The van der Waals surface area contributed by atoms with Gasteiger partial charge in [-0.3, -0.25) is 9.59 Å². The van der Waals surface area contributed by atoms with Gasteiger partial charge >= 0.3 is 0 Å². The van der Waals surface area contributed by atoms with Gasteiger partial charge in [-0.2, -0.15) is 0 Å². The molecule has 102 valence electrons. The number of amides is 1. The fraction of sp³-hybridized carbons (Fsp3) is 0.294. The summed E-state index contributed by atoms with van der Waals surface area (Å²) >= 11 is 0. The number of nitrogens with one attached hydrogen (secondary N) is 1. The molecule has 0 radical (unpaired) electrons. The van der Waals surface area contributed by atoms with Crippen LogP contribution in [0.15, 0.2) is 42.5 Å². The maximum Gasteiger partial charge on any atom is 0.224 e. The van der Waals surface area contributed by atoms with Crippen molar-refractivity contribution in [2.75, 3.05) is 0 Å². The van der Waals surface area contributed by atoms with Crippen LogP contribution >= 0.6 is 0 Å². The minimum Gasteiger partial charge on any atom is -0.346 e. The second-order valence-corrected chi connectivity index (χ2v) is 5.34. The average Bonchev–Trinajstić information content (AvgIpc) is 2.84. The molecule has 0 unspecified atom stereocenters. The molecule has 1 N–H and O–H groups in total. The third-order valence-electron chi connectivity index (χ3n) is 3.82. The maximum atomic E-state index is 12.0. The van der Waals surface area contributed by atoms with Crippen molar-refractivity contribution in [1.29, 1.82) is 0 Å². The normalized spacial score (nSPS) is 18.4. The fourth-order valence-electron chi connectivity index (χ4n) is 2.75. The highest BCUT2D eigenvalue weighted by molar-refractivity contribution is 5.91. The molecule has 0 aliphatic heterocycles. The molecule has 2 aromatic rings. The van der Waals surface area contributed by atoms with Crippen LogP contribution in [-0.2, 0) is 16.0 Å². The highest BCUT2D eigenvalue weighted by Crippen LogP contribution is 2.17. The number of rotatable bonds is 3. The minimum absolute atomic E-state index is 0.0690. The summed E-state index contributed by atoms with van der Waals surface area (Å²) in [4.78, 5) is 23.5. The molecule has 0 heterocycles. The van der Waals surface area contributed by atoms with Crippen LogP contribution in [0.3, 0.4) is 0 Å². The van der Waals surface area contributed by atoms with E-state index < -0.39 is 0 Å². The topological polar surface area (TPSA) is 46.2 Å². The van der Waals surface area contributed by atoms with E-state index in [1.165, 1.54) is 5.39 Å². The number of fused-ring (bicyclic) bond motifs is 1. The van der Waals surface area contributed by atoms with Crippen LogP contribution < -0.4 is 5.32 Å². The average molecular weight is 267 g/mol. The van der Waals surface area contributed by atoms with Crippen molar-refractivity contribution in [3.05, 3.63) is 48.0 Å². The number of hydrogen-bond acceptors (Lipinski definition) is 2. The lowest BCUT2D eigenvalue weighted by atomic mass is 10.0. The van der Waals surface area contributed by atoms with Crippen molar-refractivity contribution in [2.24, 2.45) is 0 Å². The van der Waals surface area contributed by atoms with Crippen LogP contribution in [-0.4, -0.2) is 17.7 Å². The Labute approximate surface area is 118 Å². The lowest BCUT2D eigenvalue weighted by Gasteiger charge is -2.11. The number of carbonyl (C=O) groups excluding carboxylic acids is 2. The van der Waals surface area contributed by atoms with Crippen LogP contribution in [0, 0.1) is 0 Å². The summed E-state index contributed by atoms with van der Waals surface area (Å²) in [5.41, 5.74) is 0.978. The largest absolute Gasteiger partial charge is 0.346 e. The molecule has 1 amide bonds. The maximum absolute atomic E-state index is 12.0. The Bertz CT molecular complexity index is 663. The summed E-state index contributed by atoms with van der Waals surface area (Å²) in [7, 11) is 0. The van der Waals surface area contributed by atoms with Gasteiger partial charge in [0.2, 0.25) is 5.91 Å². The molecule has 0 spiro atoms. The number of ketones is 1. The Kier molecular flexibility index (Phi) is 3.50. The molecule has 3 rings (SSSR count). The Hall–Kier alpha value is -2.16. The van der Waals surface area contributed by atoms with Gasteiger partial charge in [-0.1, -0.05) is 42.5 Å². The van der Waals surface area contributed by atoms with Crippen molar-refractivity contribution in [3.63, 3.8) is 0 Å². The molecule has 1 saturated carbocycles. The quantitative estimate of drug-likeness (QED) is 0.929. The van der Waals surface area contributed by atoms with Crippen LogP contribution in [0.5, 0.6) is 0 Å². The number of hydrogen-bond donors (Lipinski definition) is 1. The van der Waals surface area contributed by atoms with Gasteiger partial charge in [0.15, 0.2) is 5.78 Å². The second kappa shape index (κ2) is 5.45. The Morgan fingerprint density at radius 3 is 2.70 bits per heavy atom. The Balaban J connectivity index is 1.69. The number of carbonyl (C=O) groups is 2. The Morgan fingerprint density at radius 1 is 1.15 bits per heavy atom. The van der Waals surface area contributed by atoms with Crippen LogP contribution in [0.25, 0.3) is 10.8 Å². The zero-order chi connectivity index (χ0) is 13.9. The molecule has 1 aliphatic carbocycles. The van der Waals surface area contributed by atoms with E-state index >= 15 is 0 Å². The summed E-state index contributed by atoms with van der Waals surface area (Å²) in [6.45, 7) is 0. The lowest BCUT2D eigenvalue weighted by molar-refractivity contribution is -0.126. The van der Waals surface area contributed by atoms with E-state index in [1.54, 1.807) is 0 Å². The molecule has 0 saturated heterocycles. The third-order valence-corrected chi connectivity index (χ3v) is 3.82. The molecule has 1 aliphatic rings. The number of Topliss-reactive ketones (excluding diaryl/α,β-unsaturated/α-hetero) is 1. The molecular formula is C17H17NO2. The molecule has 3 nitrogen and oxygen atoms in total. The summed E-state index contributed by atoms with van der Waals surface area (Å²) < 4.78 is 0. The molecule has 1 fully saturated rings. The van der Waals surface area contributed by atoms with E-state index in [9.17, 15) is 9.59 Å². The van der Waals surface area contributed by atoms with E-state index in [-0.39, 0.29) is 17.7 Å². The summed E-state index contributed by atoms with van der Waals surface area (Å²) in [5.74, 6) is 0.0948. The molecule has 3 heteroatoms. The predicted molar refractivity (Wildman–Crippen MR) is 78.4 cm³/mol. The first-order valence-corrected chi connectivity index (χ1v) is 7.02. The van der Waals surface area contributed by atoms with Crippen LogP contribution in [0.1, 0.15) is 24.8 Å². The smallest absolute Gasteiger partial charge is 0.224 e. The summed E-state index contributed by atoms with van der Waals surface area (Å²) in [6.07, 6.45) is 2.59. The minimum atomic E-state index is -0.261. The van der Waals surface area contributed by atoms with Crippen molar-refractivity contribution in [2.45, 2.75) is 31.7 Å². The van der Waals surface area contributed by atoms with Crippen molar-refractivity contribution in [1.82, 2.24) is 5.32 Å². The van der Waals surface area contributed by atoms with E-state index in [0.29, 0.717) is 12.8 Å². The molecule has 2 aromatic carbocycles. The van der Waals surface area contributed by atoms with Gasteiger partial charge in [0.25, 0.3) is 0 Å². The molecule has 20 heavy (non-hydrogen) atoms. The third kappa shape index (κ3) is 2.72. The Morgan fingerprint density at radius 2 is 1.95 bits per heavy atom. The van der Waals surface area contributed by atoms with E-state index in [2.05, 4.69) is 11.4 Å². The standard InChI is InChI=1S/C17H17NO2/c19-16-7-3-6-15(16)18-17(20)11-12-8-9-13-4-1-2-5-14(13)10-12/h1-2,4-5,8-10,15H,3,6-7,11H2,(H,18,20)/t15-/m1/s1. The van der Waals surface area contributed by atoms with Crippen LogP contribution in [0.4, 0.5) is 0 Å². The zero-order valence-electron chi connectivity index (χ0n) is 11.3. The monoisotopic (exact) mass is 267 g/mol. The second-order valence-electron chi connectivity index (χ2n) is 5.34. The van der Waals surface area contributed by atoms with E-state index in [1.807, 2.05) is 36.4 Å². The van der Waals surface area contributed by atoms with E-state index in [0.717, 1.165) is 23.8 Å². The van der Waals surface area contributed by atoms with Crippen molar-refractivity contribution in [3.8, 4) is 0 Å². The SMILES string of the molecule is O=C(Cc1ccc2ccccc2c1)N[C@@H]1CCCC1=O. The van der Waals surface area contributed by atoms with Gasteiger partial charge < -0.3 is 5.32 Å². The summed E-state index contributed by atoms with van der Waals surface area (Å²) in [6, 6.07) is 13.8. The van der Waals surface area contributed by atoms with Gasteiger partial charge in [0.05, 0.1) is 12.5 Å². The molecule has 0 bridgehead atoms. The lowest BCUT2D eigenvalue weighted by Crippen LogP contribution is -2.38. The number of benzene rings is 2. The van der Waals surface area contributed by atoms with Crippen LogP contribution in [0.2, 0.25) is 0 Å². The van der Waals surface area contributed by atoms with Gasteiger partial charge in [-0.15, -0.1) is 0 Å². The first-order chi connectivity index (χ1) is 9.72. The highest BCUT2D eigenvalue weighted by Gasteiger charge is 2.25. The first kappa shape index (κ1) is 12.9. The molecular weight excluding hydrogens is 250 g/mol. The molecule has 0 aromatic heterocycles. The highest BCUT2D eigenvalue weighted by atomic mass is 16.2. The van der Waals surface area contributed by atoms with Crippen molar-refractivity contribution >= 4 is 22.5 Å². The van der Waals surface area contributed by atoms with Crippen molar-refractivity contribution < 1.29 is 9.59 Å². The fourth-order valence-corrected chi connectivity index (χ4v) is 2.75. The van der Waals surface area contributed by atoms with Gasteiger partial charge in [0.1, 0.15) is 0 Å². The van der Waals surface area contributed by atoms with Gasteiger partial charge in [0, 0.05) is 6.42 Å². The van der Waals surface area contributed by atoms with E-state index in [4.69, 9.17) is 0 Å². The first-order valence-electron chi connectivity index (χ1n) is 7.02. The predicted octanol–water partition coefficient (Wildman–Crippen LogP) is 2.62. The van der Waals surface area contributed by atoms with Gasteiger partial charge in [-0.05, 0) is 29.2 Å². The zero-order valence-corrected chi connectivity index (χ0v) is 11.3. The summed E-state index contributed by atoms with van der Waals surface area (Å²) in [5, 5.41) is 5.14. The molecule has 1 atom stereocenters.